The van der Waals surface area contributed by atoms with Crippen molar-refractivity contribution in [3.63, 3.8) is 0 Å². The predicted molar refractivity (Wildman–Crippen MR) is 110 cm³/mol. The van der Waals surface area contributed by atoms with Gasteiger partial charge in [0.1, 0.15) is 18.2 Å². The van der Waals surface area contributed by atoms with Crippen molar-refractivity contribution in [2.45, 2.75) is 0 Å². The zero-order valence-electron chi connectivity index (χ0n) is 12.9. The molecule has 0 aliphatic rings. The molecule has 0 saturated heterocycles. The summed E-state index contributed by atoms with van der Waals surface area (Å²) in [5, 5.41) is 23.8. The summed E-state index contributed by atoms with van der Waals surface area (Å²) < 4.78 is 20.8. The molecule has 4 nitrogen and oxygen atoms in total. The number of hydrogen-bond donors (Lipinski definition) is 3. The van der Waals surface area contributed by atoms with Crippen molar-refractivity contribution in [1.82, 2.24) is 0 Å². The van der Waals surface area contributed by atoms with Crippen molar-refractivity contribution in [1.29, 1.82) is 0 Å². The molecule has 9 heteroatoms. The fourth-order valence-corrected chi connectivity index (χ4v) is 2.49. The third-order valence-corrected chi connectivity index (χ3v) is 4.51. The van der Waals surface area contributed by atoms with Crippen molar-refractivity contribution in [3.8, 4) is 5.75 Å². The Morgan fingerprint density at radius 3 is 1.72 bits per heavy atom. The van der Waals surface area contributed by atoms with Gasteiger partial charge in [0.2, 0.25) is 0 Å². The molecule has 0 heterocycles. The molecule has 0 radical (unpaired) electrons. The summed E-state index contributed by atoms with van der Waals surface area (Å²) >= 11 is 12.8. The van der Waals surface area contributed by atoms with Crippen LogP contribution in [0.4, 0.5) is 4.39 Å². The Morgan fingerprint density at radius 2 is 1.28 bits per heavy atom. The average Bonchev–Trinajstić information content (AvgIpc) is 2.60. The molecule has 25 heavy (non-hydrogen) atoms. The summed E-state index contributed by atoms with van der Waals surface area (Å²) in [6, 6.07) is 10.5. The highest BCUT2D eigenvalue weighted by Gasteiger charge is 2.00. The van der Waals surface area contributed by atoms with Crippen LogP contribution in [0.3, 0.4) is 0 Å². The van der Waals surface area contributed by atoms with Gasteiger partial charge in [0, 0.05) is 8.95 Å². The molecule has 0 atom stereocenters. The average molecular weight is 612 g/mol. The van der Waals surface area contributed by atoms with E-state index in [-0.39, 0.29) is 25.6 Å². The second-order valence-electron chi connectivity index (χ2n) is 4.15. The first-order valence-corrected chi connectivity index (χ1v) is 10.0. The monoisotopic (exact) mass is 608 g/mol. The minimum Gasteiger partial charge on any atom is -0.490 e. The molecular formula is C16H17Br4FO4. The topological polar surface area (TPSA) is 69.9 Å². The highest BCUT2D eigenvalue weighted by Crippen LogP contribution is 2.28. The SMILES string of the molecule is Fc1cc(Br)ccc1Br.OCCO.OCCOc1cc(Br)ccc1Br. The zero-order valence-corrected chi connectivity index (χ0v) is 19.3. The van der Waals surface area contributed by atoms with Crippen molar-refractivity contribution < 1.29 is 24.4 Å². The standard InChI is InChI=1S/C8H8Br2O2.C6H3Br2F.C2H6O2/c9-6-1-2-7(10)8(5-6)12-4-3-11;7-4-1-2-5(8)6(9)3-4;3-1-2-4/h1-2,5,11H,3-4H2;1-3H;3-4H,1-2H2. The Labute approximate surface area is 179 Å². The molecule has 0 saturated carbocycles. The Balaban J connectivity index is 0.000000391. The van der Waals surface area contributed by atoms with Crippen LogP contribution >= 0.6 is 63.7 Å². The fourth-order valence-electron chi connectivity index (χ4n) is 1.21. The van der Waals surface area contributed by atoms with Crippen LogP contribution in [0.1, 0.15) is 0 Å². The van der Waals surface area contributed by atoms with E-state index in [0.29, 0.717) is 11.1 Å². The molecule has 2 aromatic rings. The molecule has 2 rings (SSSR count). The molecule has 0 aliphatic carbocycles. The first-order valence-electron chi connectivity index (χ1n) is 6.86. The van der Waals surface area contributed by atoms with Gasteiger partial charge in [0.05, 0.1) is 28.8 Å². The van der Waals surface area contributed by atoms with Gasteiger partial charge in [-0.1, -0.05) is 31.9 Å². The minimum atomic E-state index is -0.246. The summed E-state index contributed by atoms with van der Waals surface area (Å²) in [6.07, 6.45) is 0. The number of benzene rings is 2. The Kier molecular flexibility index (Phi) is 15.1. The maximum absolute atomic E-state index is 12.5. The van der Waals surface area contributed by atoms with E-state index < -0.39 is 0 Å². The molecular weight excluding hydrogens is 595 g/mol. The van der Waals surface area contributed by atoms with Crippen LogP contribution < -0.4 is 4.74 Å². The summed E-state index contributed by atoms with van der Waals surface area (Å²) in [6.45, 7) is 0.0913. The number of ether oxygens (including phenoxy) is 1. The first kappa shape index (κ1) is 25.0. The van der Waals surface area contributed by atoms with Crippen LogP contribution in [0.2, 0.25) is 0 Å². The molecule has 0 bridgehead atoms. The first-order chi connectivity index (χ1) is 11.8. The lowest BCUT2D eigenvalue weighted by molar-refractivity contribution is 0.186. The predicted octanol–water partition coefficient (Wildman–Crippen LogP) is 4.90. The van der Waals surface area contributed by atoms with Crippen LogP contribution in [0.25, 0.3) is 0 Å². The van der Waals surface area contributed by atoms with Crippen LogP contribution in [-0.2, 0) is 0 Å². The Hall–Kier alpha value is -0.0300. The quantitative estimate of drug-likeness (QED) is 0.430. The molecule has 0 aromatic heterocycles. The molecule has 0 aliphatic heterocycles. The normalized spacial score (nSPS) is 9.44. The van der Waals surface area contributed by atoms with Gasteiger partial charge >= 0.3 is 0 Å². The van der Waals surface area contributed by atoms with E-state index in [0.717, 1.165) is 19.2 Å². The van der Waals surface area contributed by atoms with E-state index in [1.165, 1.54) is 6.07 Å². The third-order valence-electron chi connectivity index (χ3n) is 2.22. The van der Waals surface area contributed by atoms with Gasteiger partial charge in [-0.3, -0.25) is 0 Å². The van der Waals surface area contributed by atoms with E-state index in [9.17, 15) is 4.39 Å². The maximum atomic E-state index is 12.5. The number of aliphatic hydroxyl groups excluding tert-OH is 3. The summed E-state index contributed by atoms with van der Waals surface area (Å²) in [7, 11) is 0. The summed E-state index contributed by atoms with van der Waals surface area (Å²) in [5.74, 6) is 0.489. The molecule has 3 N–H and O–H groups in total. The van der Waals surface area contributed by atoms with Crippen molar-refractivity contribution in [3.05, 3.63) is 60.1 Å². The van der Waals surface area contributed by atoms with Crippen molar-refractivity contribution in [2.24, 2.45) is 0 Å². The van der Waals surface area contributed by atoms with Gasteiger partial charge in [-0.25, -0.2) is 4.39 Å². The van der Waals surface area contributed by atoms with E-state index in [4.69, 9.17) is 20.1 Å². The van der Waals surface area contributed by atoms with Crippen LogP contribution in [0.15, 0.2) is 54.3 Å². The number of rotatable bonds is 4. The van der Waals surface area contributed by atoms with Gasteiger partial charge in [-0.15, -0.1) is 0 Å². The van der Waals surface area contributed by atoms with Gasteiger partial charge in [0.15, 0.2) is 0 Å². The second-order valence-corrected chi connectivity index (χ2v) is 7.69. The fraction of sp³-hybridized carbons (Fsp3) is 0.250. The van der Waals surface area contributed by atoms with Gasteiger partial charge in [-0.2, -0.15) is 0 Å². The van der Waals surface area contributed by atoms with Crippen molar-refractivity contribution in [2.75, 3.05) is 26.4 Å². The smallest absolute Gasteiger partial charge is 0.138 e. The molecule has 2 aromatic carbocycles. The van der Waals surface area contributed by atoms with Crippen LogP contribution in [0.5, 0.6) is 5.75 Å². The van der Waals surface area contributed by atoms with E-state index >= 15 is 0 Å². The summed E-state index contributed by atoms with van der Waals surface area (Å²) in [5.41, 5.74) is 0. The lowest BCUT2D eigenvalue weighted by Crippen LogP contribution is -2.01. The summed E-state index contributed by atoms with van der Waals surface area (Å²) in [4.78, 5) is 0. The highest BCUT2D eigenvalue weighted by atomic mass is 79.9. The van der Waals surface area contributed by atoms with E-state index in [1.54, 1.807) is 12.1 Å². The highest BCUT2D eigenvalue weighted by molar-refractivity contribution is 9.11. The maximum Gasteiger partial charge on any atom is 0.138 e. The molecule has 140 valence electrons. The minimum absolute atomic E-state index is 0.0267. The zero-order chi connectivity index (χ0) is 19.2. The van der Waals surface area contributed by atoms with Crippen molar-refractivity contribution >= 4 is 63.7 Å². The van der Waals surface area contributed by atoms with Gasteiger partial charge in [-0.05, 0) is 68.3 Å². The molecule has 0 amide bonds. The second kappa shape index (κ2) is 15.1. The lowest BCUT2D eigenvalue weighted by atomic mass is 10.3. The lowest BCUT2D eigenvalue weighted by Gasteiger charge is -2.06. The van der Waals surface area contributed by atoms with Crippen LogP contribution in [-0.4, -0.2) is 41.7 Å². The van der Waals surface area contributed by atoms with E-state index in [2.05, 4.69) is 63.7 Å². The van der Waals surface area contributed by atoms with Gasteiger partial charge < -0.3 is 20.1 Å². The molecule has 0 fully saturated rings. The van der Waals surface area contributed by atoms with E-state index in [1.807, 2.05) is 18.2 Å². The largest absolute Gasteiger partial charge is 0.490 e. The molecule has 0 unspecified atom stereocenters. The Morgan fingerprint density at radius 1 is 0.760 bits per heavy atom. The third kappa shape index (κ3) is 12.1. The van der Waals surface area contributed by atoms with Gasteiger partial charge in [0.25, 0.3) is 0 Å². The molecule has 0 spiro atoms. The number of hydrogen-bond acceptors (Lipinski definition) is 4. The number of aliphatic hydroxyl groups is 3. The van der Waals surface area contributed by atoms with Crippen LogP contribution in [0, 0.1) is 5.82 Å². The number of halogens is 5. The Bertz CT molecular complexity index is 627.